The Labute approximate surface area is 84.5 Å². The maximum absolute atomic E-state index is 5.80. The highest BCUT2D eigenvalue weighted by Gasteiger charge is 2.12. The van der Waals surface area contributed by atoms with Crippen LogP contribution in [-0.4, -0.2) is 12.4 Å². The van der Waals surface area contributed by atoms with E-state index in [4.69, 9.17) is 21.8 Å². The van der Waals surface area contributed by atoms with Gasteiger partial charge in [-0.2, -0.15) is 0 Å². The van der Waals surface area contributed by atoms with Crippen LogP contribution in [0.1, 0.15) is 27.2 Å². The van der Waals surface area contributed by atoms with Crippen LogP contribution in [0.2, 0.25) is 0 Å². The van der Waals surface area contributed by atoms with Gasteiger partial charge in [-0.15, -0.1) is 0 Å². The third-order valence-corrected chi connectivity index (χ3v) is 6.35. The molecule has 2 N–H and O–H groups in total. The number of hydrogen-bond donors (Lipinski definition) is 1. The predicted molar refractivity (Wildman–Crippen MR) is 62.0 cm³/mol. The SMILES string of the molecule is CCOP(N)(=S)SCC(C)CC. The van der Waals surface area contributed by atoms with E-state index in [1.165, 1.54) is 6.42 Å². The van der Waals surface area contributed by atoms with Crippen LogP contribution in [0, 0.1) is 5.92 Å². The van der Waals surface area contributed by atoms with Gasteiger partial charge < -0.3 is 4.52 Å². The minimum Gasteiger partial charge on any atom is -0.331 e. The van der Waals surface area contributed by atoms with Crippen LogP contribution in [0.3, 0.4) is 0 Å². The van der Waals surface area contributed by atoms with Crippen molar-refractivity contribution in [3.8, 4) is 0 Å². The Morgan fingerprint density at radius 3 is 2.58 bits per heavy atom. The van der Waals surface area contributed by atoms with Gasteiger partial charge in [0.05, 0.1) is 6.61 Å². The van der Waals surface area contributed by atoms with Crippen LogP contribution in [0.4, 0.5) is 0 Å². The fraction of sp³-hybridized carbons (Fsp3) is 1.00. The van der Waals surface area contributed by atoms with E-state index in [1.807, 2.05) is 6.92 Å². The third-order valence-electron chi connectivity index (χ3n) is 1.54. The van der Waals surface area contributed by atoms with E-state index in [1.54, 1.807) is 11.4 Å². The highest BCUT2D eigenvalue weighted by Crippen LogP contribution is 2.53. The van der Waals surface area contributed by atoms with Gasteiger partial charge in [-0.3, -0.25) is 5.50 Å². The second-order valence-corrected chi connectivity index (χ2v) is 9.42. The maximum atomic E-state index is 5.80. The van der Waals surface area contributed by atoms with Gasteiger partial charge in [-0.25, -0.2) is 0 Å². The summed E-state index contributed by atoms with van der Waals surface area (Å²) in [5.41, 5.74) is 3.79. The molecule has 0 heterocycles. The Hall–Kier alpha value is 0.920. The van der Waals surface area contributed by atoms with Crippen molar-refractivity contribution in [1.29, 1.82) is 0 Å². The largest absolute Gasteiger partial charge is 0.331 e. The van der Waals surface area contributed by atoms with Crippen LogP contribution >= 0.6 is 17.0 Å². The summed E-state index contributed by atoms with van der Waals surface area (Å²) in [4.78, 5) is 0. The third kappa shape index (κ3) is 6.44. The molecule has 2 atom stereocenters. The molecule has 0 amide bonds. The molecule has 74 valence electrons. The van der Waals surface area contributed by atoms with Crippen LogP contribution in [-0.2, 0) is 16.3 Å². The van der Waals surface area contributed by atoms with Crippen LogP contribution < -0.4 is 5.50 Å². The van der Waals surface area contributed by atoms with Gasteiger partial charge in [0.2, 0.25) is 0 Å². The zero-order valence-electron chi connectivity index (χ0n) is 7.95. The lowest BCUT2D eigenvalue weighted by molar-refractivity contribution is 0.385. The zero-order valence-corrected chi connectivity index (χ0v) is 10.5. The molecule has 0 bridgehead atoms. The first-order valence-electron chi connectivity index (χ1n) is 4.19. The Balaban J connectivity index is 3.67. The second kappa shape index (κ2) is 6.39. The summed E-state index contributed by atoms with van der Waals surface area (Å²) in [6.45, 7) is 6.93. The summed E-state index contributed by atoms with van der Waals surface area (Å²) < 4.78 is 5.29. The van der Waals surface area contributed by atoms with E-state index in [0.717, 1.165) is 5.75 Å². The Bertz CT molecular complexity index is 165. The summed E-state index contributed by atoms with van der Waals surface area (Å²) in [5, 5.41) is 0. The summed E-state index contributed by atoms with van der Waals surface area (Å²) in [6, 6.07) is 0. The van der Waals surface area contributed by atoms with Crippen molar-refractivity contribution >= 4 is 28.8 Å². The van der Waals surface area contributed by atoms with E-state index >= 15 is 0 Å². The number of rotatable bonds is 6. The topological polar surface area (TPSA) is 35.2 Å². The first kappa shape index (κ1) is 12.9. The molecule has 0 aliphatic heterocycles. The summed E-state index contributed by atoms with van der Waals surface area (Å²) in [6.07, 6.45) is 1.18. The lowest BCUT2D eigenvalue weighted by Gasteiger charge is -2.17. The lowest BCUT2D eigenvalue weighted by atomic mass is 10.2. The van der Waals surface area contributed by atoms with E-state index in [0.29, 0.717) is 12.5 Å². The van der Waals surface area contributed by atoms with Crippen molar-refractivity contribution in [2.75, 3.05) is 12.4 Å². The molecule has 0 aliphatic carbocycles. The molecule has 0 saturated carbocycles. The van der Waals surface area contributed by atoms with Crippen LogP contribution in [0.5, 0.6) is 0 Å². The maximum Gasteiger partial charge on any atom is 0.183 e. The van der Waals surface area contributed by atoms with Crippen LogP contribution in [0.25, 0.3) is 0 Å². The molecule has 12 heavy (non-hydrogen) atoms. The molecule has 0 rings (SSSR count). The Morgan fingerprint density at radius 2 is 2.17 bits per heavy atom. The monoisotopic (exact) mass is 227 g/mol. The molecule has 2 nitrogen and oxygen atoms in total. The van der Waals surface area contributed by atoms with Gasteiger partial charge in [0.15, 0.2) is 5.62 Å². The second-order valence-electron chi connectivity index (χ2n) is 2.77. The molecule has 0 radical (unpaired) electrons. The van der Waals surface area contributed by atoms with E-state index in [-0.39, 0.29) is 0 Å². The molecule has 5 heteroatoms. The Kier molecular flexibility index (Phi) is 6.87. The molecule has 0 aromatic heterocycles. The summed E-state index contributed by atoms with van der Waals surface area (Å²) in [5.74, 6) is 1.70. The highest BCUT2D eigenvalue weighted by atomic mass is 32.9. The van der Waals surface area contributed by atoms with Crippen molar-refractivity contribution < 1.29 is 4.52 Å². The molecular weight excluding hydrogens is 209 g/mol. The first-order valence-corrected chi connectivity index (χ1v) is 8.57. The molecule has 0 aromatic rings. The molecule has 0 spiro atoms. The fourth-order valence-corrected chi connectivity index (χ4v) is 4.49. The van der Waals surface area contributed by atoms with Crippen molar-refractivity contribution in [3.05, 3.63) is 0 Å². The standard InChI is InChI=1S/C7H18NOPS2/c1-4-7(3)6-12-10(8,11)9-5-2/h7H,4-6H2,1-3H3,(H2,8,11). The van der Waals surface area contributed by atoms with Gasteiger partial charge in [-0.05, 0) is 24.6 Å². The van der Waals surface area contributed by atoms with Crippen molar-refractivity contribution in [2.45, 2.75) is 27.2 Å². The van der Waals surface area contributed by atoms with E-state index in [2.05, 4.69) is 13.8 Å². The smallest absolute Gasteiger partial charge is 0.183 e. The molecule has 0 aliphatic rings. The minimum absolute atomic E-state index is 0.626. The average molecular weight is 227 g/mol. The Morgan fingerprint density at radius 1 is 1.58 bits per heavy atom. The molecule has 0 fully saturated rings. The zero-order chi connectivity index (χ0) is 9.61. The average Bonchev–Trinajstić information content (AvgIpc) is 2.00. The summed E-state index contributed by atoms with van der Waals surface area (Å²) >= 11 is 6.76. The molecule has 0 saturated heterocycles. The van der Waals surface area contributed by atoms with Crippen LogP contribution in [0.15, 0.2) is 0 Å². The normalized spacial score (nSPS) is 18.7. The first-order chi connectivity index (χ1) is 5.52. The van der Waals surface area contributed by atoms with Gasteiger partial charge in [0, 0.05) is 5.75 Å². The van der Waals surface area contributed by atoms with Gasteiger partial charge in [-0.1, -0.05) is 31.7 Å². The molecule has 2 unspecified atom stereocenters. The van der Waals surface area contributed by atoms with Gasteiger partial charge in [0.25, 0.3) is 0 Å². The predicted octanol–water partition coefficient (Wildman–Crippen LogP) is 2.99. The van der Waals surface area contributed by atoms with Crippen molar-refractivity contribution in [2.24, 2.45) is 11.4 Å². The van der Waals surface area contributed by atoms with Crippen molar-refractivity contribution in [3.63, 3.8) is 0 Å². The van der Waals surface area contributed by atoms with Gasteiger partial charge in [0.1, 0.15) is 0 Å². The number of nitrogens with two attached hydrogens (primary N) is 1. The lowest BCUT2D eigenvalue weighted by Crippen LogP contribution is -2.00. The van der Waals surface area contributed by atoms with E-state index < -0.39 is 5.62 Å². The fourth-order valence-electron chi connectivity index (χ4n) is 0.566. The van der Waals surface area contributed by atoms with Crippen molar-refractivity contribution in [1.82, 2.24) is 0 Å². The highest BCUT2D eigenvalue weighted by molar-refractivity contribution is 8.68. The number of hydrogen-bond acceptors (Lipinski definition) is 3. The summed E-state index contributed by atoms with van der Waals surface area (Å²) in [7, 11) is 0. The molecule has 0 aromatic carbocycles. The quantitative estimate of drug-likeness (QED) is 0.708. The molecular formula is C7H18NOPS2. The van der Waals surface area contributed by atoms with Gasteiger partial charge >= 0.3 is 0 Å². The minimum atomic E-state index is -2.01. The van der Waals surface area contributed by atoms with E-state index in [9.17, 15) is 0 Å².